The van der Waals surface area contributed by atoms with Crippen molar-refractivity contribution in [2.24, 2.45) is 22.7 Å². The standard InChI is InChI=1S/C24H38O4/c1-17(12-15-27-19(3)25)10-13-23(5)18(2)11-14-24(6)21(16-28-20(4)26)8-7-9-22(23)24/h8,12,18,22H,7,9-11,13-16H2,1-6H3/b17-12+/t18-,22-,23+,24+/m1/s1. The van der Waals surface area contributed by atoms with E-state index in [0.717, 1.165) is 19.3 Å². The minimum absolute atomic E-state index is 0.115. The van der Waals surface area contributed by atoms with E-state index < -0.39 is 0 Å². The summed E-state index contributed by atoms with van der Waals surface area (Å²) in [6, 6.07) is 0. The molecule has 2 aliphatic rings. The van der Waals surface area contributed by atoms with Crippen LogP contribution in [0.1, 0.15) is 80.1 Å². The Morgan fingerprint density at radius 3 is 2.46 bits per heavy atom. The van der Waals surface area contributed by atoms with Gasteiger partial charge in [-0.15, -0.1) is 0 Å². The lowest BCUT2D eigenvalue weighted by Gasteiger charge is -2.58. The number of rotatable bonds is 7. The maximum atomic E-state index is 11.3. The molecule has 1 saturated carbocycles. The van der Waals surface area contributed by atoms with Crippen molar-refractivity contribution in [2.75, 3.05) is 13.2 Å². The summed E-state index contributed by atoms with van der Waals surface area (Å²) in [6.07, 6.45) is 11.2. The molecule has 0 aromatic heterocycles. The molecular formula is C24H38O4. The molecule has 1 fully saturated rings. The van der Waals surface area contributed by atoms with Gasteiger partial charge in [0, 0.05) is 13.8 Å². The fraction of sp³-hybridized carbons (Fsp3) is 0.750. The van der Waals surface area contributed by atoms with E-state index in [9.17, 15) is 9.59 Å². The molecule has 4 heteroatoms. The summed E-state index contributed by atoms with van der Waals surface area (Å²) in [5.41, 5.74) is 2.97. The average Bonchev–Trinajstić information content (AvgIpc) is 2.62. The van der Waals surface area contributed by atoms with E-state index in [4.69, 9.17) is 9.47 Å². The summed E-state index contributed by atoms with van der Waals surface area (Å²) in [5, 5.41) is 0. The lowest BCUT2D eigenvalue weighted by molar-refractivity contribution is -0.141. The molecule has 0 aromatic carbocycles. The van der Waals surface area contributed by atoms with Crippen LogP contribution in [0.4, 0.5) is 0 Å². The SMILES string of the molecule is CC(=O)OC/C=C(\C)CC[C@@]1(C)[C@H](C)CC[C@@]2(C)C(COC(C)=O)=CCC[C@H]12. The number of carbonyl (C=O) groups excluding carboxylic acids is 2. The first kappa shape index (κ1) is 22.7. The number of allylic oxidation sites excluding steroid dienone is 2. The van der Waals surface area contributed by atoms with E-state index in [-0.39, 0.29) is 22.8 Å². The molecule has 0 aliphatic heterocycles. The highest BCUT2D eigenvalue weighted by Crippen LogP contribution is 2.62. The van der Waals surface area contributed by atoms with Crippen LogP contribution in [0.5, 0.6) is 0 Å². The van der Waals surface area contributed by atoms with Gasteiger partial charge < -0.3 is 9.47 Å². The van der Waals surface area contributed by atoms with Gasteiger partial charge in [-0.1, -0.05) is 32.4 Å². The number of hydrogen-bond donors (Lipinski definition) is 0. The summed E-state index contributed by atoms with van der Waals surface area (Å²) in [6.45, 7) is 13.1. The molecule has 0 spiro atoms. The Bertz CT molecular complexity index is 647. The van der Waals surface area contributed by atoms with Crippen LogP contribution >= 0.6 is 0 Å². The molecule has 0 heterocycles. The van der Waals surface area contributed by atoms with Gasteiger partial charge in [0.05, 0.1) is 0 Å². The normalized spacial score (nSPS) is 32.9. The highest BCUT2D eigenvalue weighted by molar-refractivity contribution is 5.66. The van der Waals surface area contributed by atoms with Gasteiger partial charge in [0.1, 0.15) is 13.2 Å². The molecule has 0 aromatic rings. The van der Waals surface area contributed by atoms with Gasteiger partial charge in [-0.3, -0.25) is 9.59 Å². The third kappa shape index (κ3) is 5.07. The van der Waals surface area contributed by atoms with Crippen LogP contribution in [-0.4, -0.2) is 25.2 Å². The van der Waals surface area contributed by atoms with Gasteiger partial charge in [-0.2, -0.15) is 0 Å². The first-order valence-corrected chi connectivity index (χ1v) is 10.7. The zero-order valence-corrected chi connectivity index (χ0v) is 18.6. The van der Waals surface area contributed by atoms with E-state index >= 15 is 0 Å². The zero-order chi connectivity index (χ0) is 20.9. The van der Waals surface area contributed by atoms with Crippen LogP contribution in [0.15, 0.2) is 23.3 Å². The maximum Gasteiger partial charge on any atom is 0.302 e. The minimum atomic E-state index is -0.234. The predicted octanol–water partition coefficient (Wildman–Crippen LogP) is 5.62. The fourth-order valence-electron chi connectivity index (χ4n) is 5.48. The molecule has 0 amide bonds. The lowest BCUT2D eigenvalue weighted by Crippen LogP contribution is -2.50. The molecule has 0 bridgehead atoms. The summed E-state index contributed by atoms with van der Waals surface area (Å²) < 4.78 is 10.4. The van der Waals surface area contributed by atoms with Crippen molar-refractivity contribution < 1.29 is 19.1 Å². The lowest BCUT2D eigenvalue weighted by atomic mass is 9.47. The molecule has 158 valence electrons. The molecule has 4 atom stereocenters. The van der Waals surface area contributed by atoms with Crippen LogP contribution in [0.25, 0.3) is 0 Å². The van der Waals surface area contributed by atoms with Crippen LogP contribution < -0.4 is 0 Å². The topological polar surface area (TPSA) is 52.6 Å². The Morgan fingerprint density at radius 1 is 1.14 bits per heavy atom. The first-order valence-electron chi connectivity index (χ1n) is 10.7. The summed E-state index contributed by atoms with van der Waals surface area (Å²) in [5.74, 6) is 0.828. The fourth-order valence-corrected chi connectivity index (χ4v) is 5.48. The molecule has 0 radical (unpaired) electrons. The second-order valence-corrected chi connectivity index (χ2v) is 9.36. The molecule has 4 nitrogen and oxygen atoms in total. The van der Waals surface area contributed by atoms with Crippen molar-refractivity contribution in [1.29, 1.82) is 0 Å². The number of ether oxygens (including phenoxy) is 2. The van der Waals surface area contributed by atoms with Crippen molar-refractivity contribution in [3.63, 3.8) is 0 Å². The Kier molecular flexibility index (Phi) is 7.52. The van der Waals surface area contributed by atoms with Gasteiger partial charge in [-0.25, -0.2) is 0 Å². The van der Waals surface area contributed by atoms with E-state index in [0.29, 0.717) is 25.0 Å². The van der Waals surface area contributed by atoms with Crippen molar-refractivity contribution in [2.45, 2.75) is 80.1 Å². The Labute approximate surface area is 170 Å². The van der Waals surface area contributed by atoms with Crippen LogP contribution in [0.3, 0.4) is 0 Å². The molecule has 2 rings (SSSR count). The van der Waals surface area contributed by atoms with Gasteiger partial charge in [0.15, 0.2) is 0 Å². The second-order valence-electron chi connectivity index (χ2n) is 9.36. The van der Waals surface area contributed by atoms with Crippen molar-refractivity contribution >= 4 is 11.9 Å². The zero-order valence-electron chi connectivity index (χ0n) is 18.6. The molecule has 28 heavy (non-hydrogen) atoms. The molecule has 0 N–H and O–H groups in total. The Hall–Kier alpha value is -1.58. The quantitative estimate of drug-likeness (QED) is 0.418. The number of carbonyl (C=O) groups is 2. The smallest absolute Gasteiger partial charge is 0.302 e. The predicted molar refractivity (Wildman–Crippen MR) is 112 cm³/mol. The summed E-state index contributed by atoms with van der Waals surface area (Å²) in [7, 11) is 0. The van der Waals surface area contributed by atoms with Gasteiger partial charge in [0.2, 0.25) is 0 Å². The monoisotopic (exact) mass is 390 g/mol. The van der Waals surface area contributed by atoms with Crippen molar-refractivity contribution in [1.82, 2.24) is 0 Å². The molecule has 2 aliphatic carbocycles. The van der Waals surface area contributed by atoms with Gasteiger partial charge >= 0.3 is 11.9 Å². The second kappa shape index (κ2) is 9.28. The van der Waals surface area contributed by atoms with E-state index in [1.807, 2.05) is 6.08 Å². The van der Waals surface area contributed by atoms with Gasteiger partial charge in [0.25, 0.3) is 0 Å². The highest BCUT2D eigenvalue weighted by Gasteiger charge is 2.53. The van der Waals surface area contributed by atoms with Crippen molar-refractivity contribution in [3.05, 3.63) is 23.3 Å². The van der Waals surface area contributed by atoms with E-state index in [1.54, 1.807) is 0 Å². The van der Waals surface area contributed by atoms with Crippen LogP contribution in [-0.2, 0) is 19.1 Å². The van der Waals surface area contributed by atoms with Crippen molar-refractivity contribution in [3.8, 4) is 0 Å². The highest BCUT2D eigenvalue weighted by atomic mass is 16.5. The van der Waals surface area contributed by atoms with E-state index in [2.05, 4.69) is 33.8 Å². The van der Waals surface area contributed by atoms with Crippen LogP contribution in [0.2, 0.25) is 0 Å². The van der Waals surface area contributed by atoms with Gasteiger partial charge in [-0.05, 0) is 79.8 Å². The third-order valence-electron chi connectivity index (χ3n) is 7.57. The van der Waals surface area contributed by atoms with Crippen LogP contribution in [0, 0.1) is 22.7 Å². The molecule has 0 unspecified atom stereocenters. The van der Waals surface area contributed by atoms with E-state index in [1.165, 1.54) is 44.3 Å². The number of fused-ring (bicyclic) bond motifs is 1. The third-order valence-corrected chi connectivity index (χ3v) is 7.57. The molecule has 0 saturated heterocycles. The summed E-state index contributed by atoms with van der Waals surface area (Å²) >= 11 is 0. The number of esters is 2. The maximum absolute atomic E-state index is 11.3. The minimum Gasteiger partial charge on any atom is -0.462 e. The summed E-state index contributed by atoms with van der Waals surface area (Å²) in [4.78, 5) is 22.3. The Balaban J connectivity index is 2.13. The first-order chi connectivity index (χ1) is 13.1. The molecular weight excluding hydrogens is 352 g/mol. The average molecular weight is 391 g/mol. The number of hydrogen-bond acceptors (Lipinski definition) is 4. The Morgan fingerprint density at radius 2 is 1.82 bits per heavy atom. The largest absolute Gasteiger partial charge is 0.462 e.